The van der Waals surface area contributed by atoms with E-state index in [0.717, 1.165) is 0 Å². The Morgan fingerprint density at radius 3 is 2.70 bits per heavy atom. The second-order valence-electron chi connectivity index (χ2n) is 5.07. The Bertz CT molecular complexity index is 798. The molecule has 124 valence electrons. The number of anilines is 1. The minimum absolute atomic E-state index is 0.208. The highest BCUT2D eigenvalue weighted by atomic mass is 32.2. The summed E-state index contributed by atoms with van der Waals surface area (Å²) in [5, 5.41) is 4.97. The van der Waals surface area contributed by atoms with E-state index in [2.05, 4.69) is 10.5 Å². The van der Waals surface area contributed by atoms with E-state index in [1.54, 1.807) is 31.2 Å². The summed E-state index contributed by atoms with van der Waals surface area (Å²) in [5.74, 6) is -0.351. The highest BCUT2D eigenvalue weighted by molar-refractivity contribution is 7.92. The molecule has 0 spiro atoms. The van der Waals surface area contributed by atoms with Crippen molar-refractivity contribution in [3.63, 3.8) is 0 Å². The Morgan fingerprint density at radius 2 is 2.09 bits per heavy atom. The first-order chi connectivity index (χ1) is 10.8. The molecule has 0 aliphatic carbocycles. The zero-order valence-corrected chi connectivity index (χ0v) is 13.9. The second kappa shape index (κ2) is 6.82. The fourth-order valence-corrected chi connectivity index (χ4v) is 3.12. The summed E-state index contributed by atoms with van der Waals surface area (Å²) >= 11 is 0. The van der Waals surface area contributed by atoms with Gasteiger partial charge in [-0.25, -0.2) is 8.42 Å². The van der Waals surface area contributed by atoms with Crippen LogP contribution >= 0.6 is 0 Å². The maximum Gasteiger partial charge on any atom is 0.242 e. The van der Waals surface area contributed by atoms with Crippen molar-refractivity contribution in [3.8, 4) is 5.75 Å². The van der Waals surface area contributed by atoms with Crippen LogP contribution in [0.3, 0.4) is 0 Å². The summed E-state index contributed by atoms with van der Waals surface area (Å²) in [5.41, 5.74) is 0.999. The van der Waals surface area contributed by atoms with Gasteiger partial charge in [-0.2, -0.15) is 0 Å². The molecule has 8 heteroatoms. The Kier molecular flexibility index (Phi) is 5.05. The minimum atomic E-state index is -3.73. The summed E-state index contributed by atoms with van der Waals surface area (Å²) in [6, 6.07) is 8.31. The Balaban J connectivity index is 2.12. The Labute approximate surface area is 134 Å². The first kappa shape index (κ1) is 17.0. The van der Waals surface area contributed by atoms with E-state index in [4.69, 9.17) is 9.26 Å². The minimum Gasteiger partial charge on any atom is -0.495 e. The van der Waals surface area contributed by atoms with Crippen LogP contribution in [-0.4, -0.2) is 31.8 Å². The van der Waals surface area contributed by atoms with Crippen LogP contribution in [0.4, 0.5) is 5.69 Å². The molecule has 1 N–H and O–H groups in total. The number of carbonyl (C=O) groups excluding carboxylic acids is 1. The fraction of sp³-hybridized carbons (Fsp3) is 0.333. The average molecular weight is 338 g/mol. The number of hydrogen-bond donors (Lipinski definition) is 1. The molecule has 1 aromatic heterocycles. The molecule has 0 aliphatic rings. The van der Waals surface area contributed by atoms with Crippen LogP contribution in [0.5, 0.6) is 5.75 Å². The van der Waals surface area contributed by atoms with Crippen LogP contribution in [0.2, 0.25) is 0 Å². The van der Waals surface area contributed by atoms with Crippen molar-refractivity contribution in [2.75, 3.05) is 12.4 Å². The highest BCUT2D eigenvalue weighted by Gasteiger charge is 2.30. The maximum absolute atomic E-state index is 12.3. The topological polar surface area (TPSA) is 98.5 Å². The largest absolute Gasteiger partial charge is 0.495 e. The molecule has 1 aromatic carbocycles. The van der Waals surface area contributed by atoms with Crippen LogP contribution in [0.15, 0.2) is 34.9 Å². The zero-order chi connectivity index (χ0) is 17.0. The van der Waals surface area contributed by atoms with E-state index in [0.29, 0.717) is 17.1 Å². The molecule has 1 atom stereocenters. The quantitative estimate of drug-likeness (QED) is 0.864. The molecule has 0 fully saturated rings. The van der Waals surface area contributed by atoms with E-state index in [1.165, 1.54) is 20.1 Å². The smallest absolute Gasteiger partial charge is 0.242 e. The third-order valence-electron chi connectivity index (χ3n) is 3.29. The number of aryl methyl sites for hydroxylation is 1. The standard InChI is InChI=1S/C15H18N2O5S/c1-10-8-12(22-17-10)9-23(19,20)11(2)15(18)16-13-6-4-5-7-14(13)21-3/h4-8,11H,9H2,1-3H3,(H,16,18)/t11-/m1/s1. The summed E-state index contributed by atoms with van der Waals surface area (Å²) < 4.78 is 34.7. The summed E-state index contributed by atoms with van der Waals surface area (Å²) in [6.07, 6.45) is 0. The van der Waals surface area contributed by atoms with Crippen molar-refractivity contribution in [1.82, 2.24) is 5.16 Å². The number of rotatable bonds is 6. The molecule has 0 radical (unpaired) electrons. The van der Waals surface area contributed by atoms with Gasteiger partial charge in [-0.3, -0.25) is 4.79 Å². The van der Waals surface area contributed by atoms with Gasteiger partial charge in [0.15, 0.2) is 15.6 Å². The van der Waals surface area contributed by atoms with Gasteiger partial charge in [0.1, 0.15) is 16.8 Å². The predicted molar refractivity (Wildman–Crippen MR) is 84.9 cm³/mol. The number of sulfone groups is 1. The lowest BCUT2D eigenvalue weighted by molar-refractivity contribution is -0.115. The van der Waals surface area contributed by atoms with Crippen LogP contribution in [0.1, 0.15) is 18.4 Å². The van der Waals surface area contributed by atoms with Crippen molar-refractivity contribution in [2.45, 2.75) is 24.9 Å². The Hall–Kier alpha value is -2.35. The fourth-order valence-electron chi connectivity index (χ4n) is 1.95. The number of methoxy groups -OCH3 is 1. The second-order valence-corrected chi connectivity index (χ2v) is 7.40. The van der Waals surface area contributed by atoms with Gasteiger partial charge >= 0.3 is 0 Å². The maximum atomic E-state index is 12.3. The molecule has 0 unspecified atom stereocenters. The van der Waals surface area contributed by atoms with E-state index >= 15 is 0 Å². The number of ether oxygens (including phenoxy) is 1. The summed E-state index contributed by atoms with van der Waals surface area (Å²) in [4.78, 5) is 12.2. The molecular weight excluding hydrogens is 320 g/mol. The van der Waals surface area contributed by atoms with E-state index in [1.807, 2.05) is 0 Å². The number of benzene rings is 1. The van der Waals surface area contributed by atoms with E-state index < -0.39 is 21.0 Å². The molecule has 0 aliphatic heterocycles. The molecule has 1 heterocycles. The van der Waals surface area contributed by atoms with Crippen molar-refractivity contribution in [3.05, 3.63) is 41.8 Å². The monoisotopic (exact) mass is 338 g/mol. The Morgan fingerprint density at radius 1 is 1.39 bits per heavy atom. The third kappa shape index (κ3) is 4.10. The average Bonchev–Trinajstić information content (AvgIpc) is 2.91. The van der Waals surface area contributed by atoms with Crippen molar-refractivity contribution >= 4 is 21.4 Å². The van der Waals surface area contributed by atoms with Gasteiger partial charge in [0, 0.05) is 6.07 Å². The molecular formula is C15H18N2O5S. The van der Waals surface area contributed by atoms with Gasteiger partial charge in [0.25, 0.3) is 0 Å². The molecule has 1 amide bonds. The number of carbonyl (C=O) groups is 1. The van der Waals surface area contributed by atoms with Crippen molar-refractivity contribution in [2.24, 2.45) is 0 Å². The van der Waals surface area contributed by atoms with Gasteiger partial charge < -0.3 is 14.6 Å². The number of nitrogens with zero attached hydrogens (tertiary/aromatic N) is 1. The molecule has 23 heavy (non-hydrogen) atoms. The molecule has 2 rings (SSSR count). The molecule has 0 bridgehead atoms. The number of aromatic nitrogens is 1. The van der Waals surface area contributed by atoms with Crippen LogP contribution < -0.4 is 10.1 Å². The van der Waals surface area contributed by atoms with Gasteiger partial charge in [-0.05, 0) is 26.0 Å². The van der Waals surface area contributed by atoms with Crippen LogP contribution in [-0.2, 0) is 20.4 Å². The number of nitrogens with one attached hydrogen (secondary N) is 1. The normalized spacial score (nSPS) is 12.7. The SMILES string of the molecule is COc1ccccc1NC(=O)[C@@H](C)S(=O)(=O)Cc1cc(C)no1. The first-order valence-electron chi connectivity index (χ1n) is 6.91. The number of para-hydroxylation sites is 2. The zero-order valence-electron chi connectivity index (χ0n) is 13.1. The van der Waals surface area contributed by atoms with Gasteiger partial charge in [0.2, 0.25) is 5.91 Å². The molecule has 7 nitrogen and oxygen atoms in total. The predicted octanol–water partition coefficient (Wildman–Crippen LogP) is 1.93. The highest BCUT2D eigenvalue weighted by Crippen LogP contribution is 2.24. The lowest BCUT2D eigenvalue weighted by atomic mass is 10.3. The van der Waals surface area contributed by atoms with Gasteiger partial charge in [-0.15, -0.1) is 0 Å². The number of amides is 1. The van der Waals surface area contributed by atoms with Crippen molar-refractivity contribution in [1.29, 1.82) is 0 Å². The lowest BCUT2D eigenvalue weighted by Gasteiger charge is -2.14. The number of hydrogen-bond acceptors (Lipinski definition) is 6. The van der Waals surface area contributed by atoms with E-state index in [9.17, 15) is 13.2 Å². The van der Waals surface area contributed by atoms with Crippen LogP contribution in [0.25, 0.3) is 0 Å². The summed E-state index contributed by atoms with van der Waals surface area (Å²) in [6.45, 7) is 3.03. The molecule has 2 aromatic rings. The van der Waals surface area contributed by atoms with Crippen LogP contribution in [0, 0.1) is 6.92 Å². The molecule has 0 saturated carbocycles. The lowest BCUT2D eigenvalue weighted by Crippen LogP contribution is -2.33. The van der Waals surface area contributed by atoms with Gasteiger partial charge in [-0.1, -0.05) is 17.3 Å². The van der Waals surface area contributed by atoms with Gasteiger partial charge in [0.05, 0.1) is 18.5 Å². The first-order valence-corrected chi connectivity index (χ1v) is 8.62. The van der Waals surface area contributed by atoms with Crippen molar-refractivity contribution < 1.29 is 22.5 Å². The summed E-state index contributed by atoms with van der Waals surface area (Å²) in [7, 11) is -2.26. The van der Waals surface area contributed by atoms with E-state index in [-0.39, 0.29) is 11.5 Å². The third-order valence-corrected chi connectivity index (χ3v) is 5.27. The molecule has 0 saturated heterocycles.